The van der Waals surface area contributed by atoms with Crippen molar-refractivity contribution in [1.82, 2.24) is 10.3 Å². The Morgan fingerprint density at radius 2 is 1.92 bits per heavy atom. The Morgan fingerprint density at radius 1 is 1.08 bits per heavy atom. The first kappa shape index (κ1) is 15.2. The molecule has 24 heavy (non-hydrogen) atoms. The highest BCUT2D eigenvalue weighted by Crippen LogP contribution is 2.34. The summed E-state index contributed by atoms with van der Waals surface area (Å²) in [5, 5.41) is 3.19. The lowest BCUT2D eigenvalue weighted by Gasteiger charge is -2.31. The third-order valence-corrected chi connectivity index (χ3v) is 5.09. The Bertz CT molecular complexity index is 737. The lowest BCUT2D eigenvalue weighted by atomic mass is 10.0. The van der Waals surface area contributed by atoms with E-state index in [4.69, 9.17) is 0 Å². The fraction of sp³-hybridized carbons (Fsp3) is 0.400. The first-order valence-electron chi connectivity index (χ1n) is 8.94. The van der Waals surface area contributed by atoms with Gasteiger partial charge < -0.3 is 10.2 Å². The van der Waals surface area contributed by atoms with Crippen LogP contribution in [0.15, 0.2) is 42.6 Å². The molecule has 1 aromatic carbocycles. The first-order chi connectivity index (χ1) is 11.8. The number of hydrogen-bond donors (Lipinski definition) is 1. The van der Waals surface area contributed by atoms with Crippen LogP contribution < -0.4 is 10.2 Å². The van der Waals surface area contributed by atoms with Crippen molar-refractivity contribution in [3.8, 4) is 0 Å². The summed E-state index contributed by atoms with van der Waals surface area (Å²) in [6.07, 6.45) is 8.55. The lowest BCUT2D eigenvalue weighted by molar-refractivity contribution is 0.0938. The number of aryl methyl sites for hydroxylation is 1. The van der Waals surface area contributed by atoms with Crippen molar-refractivity contribution in [3.05, 3.63) is 53.7 Å². The summed E-state index contributed by atoms with van der Waals surface area (Å²) in [6.45, 7) is 0.901. The normalized spacial score (nSPS) is 17.6. The molecule has 4 nitrogen and oxygen atoms in total. The Kier molecular flexibility index (Phi) is 4.20. The summed E-state index contributed by atoms with van der Waals surface area (Å²) in [7, 11) is 0. The zero-order valence-corrected chi connectivity index (χ0v) is 13.9. The van der Waals surface area contributed by atoms with Gasteiger partial charge in [0.25, 0.3) is 5.91 Å². The predicted molar refractivity (Wildman–Crippen MR) is 95.7 cm³/mol. The zero-order chi connectivity index (χ0) is 16.4. The number of aromatic nitrogens is 1. The summed E-state index contributed by atoms with van der Waals surface area (Å²) in [4.78, 5) is 19.6. The number of carbonyl (C=O) groups is 1. The van der Waals surface area contributed by atoms with Gasteiger partial charge in [0.2, 0.25) is 0 Å². The van der Waals surface area contributed by atoms with E-state index in [9.17, 15) is 4.79 Å². The molecule has 0 atom stereocenters. The van der Waals surface area contributed by atoms with Crippen molar-refractivity contribution in [2.24, 2.45) is 0 Å². The minimum Gasteiger partial charge on any atom is -0.349 e. The second-order valence-corrected chi connectivity index (χ2v) is 6.71. The van der Waals surface area contributed by atoms with E-state index in [1.54, 1.807) is 6.20 Å². The van der Waals surface area contributed by atoms with Crippen LogP contribution in [0.3, 0.4) is 0 Å². The monoisotopic (exact) mass is 321 g/mol. The summed E-state index contributed by atoms with van der Waals surface area (Å²) in [5.74, 6) is 0.785. The van der Waals surface area contributed by atoms with Crippen LogP contribution in [-0.2, 0) is 6.42 Å². The second kappa shape index (κ2) is 6.63. The summed E-state index contributed by atoms with van der Waals surface area (Å²) >= 11 is 0. The number of nitrogens with one attached hydrogen (secondary N) is 1. The quantitative estimate of drug-likeness (QED) is 0.934. The molecule has 2 aromatic rings. The molecule has 1 fully saturated rings. The van der Waals surface area contributed by atoms with E-state index in [0.717, 1.165) is 38.0 Å². The summed E-state index contributed by atoms with van der Waals surface area (Å²) < 4.78 is 0. The highest BCUT2D eigenvalue weighted by Gasteiger charge is 2.25. The van der Waals surface area contributed by atoms with Crippen molar-refractivity contribution in [3.63, 3.8) is 0 Å². The minimum atomic E-state index is 0.00746. The smallest absolute Gasteiger partial charge is 0.255 e. The van der Waals surface area contributed by atoms with Gasteiger partial charge in [-0.05, 0) is 49.4 Å². The number of benzene rings is 1. The zero-order valence-electron chi connectivity index (χ0n) is 13.9. The number of amides is 1. The molecule has 1 saturated carbocycles. The highest BCUT2D eigenvalue weighted by atomic mass is 16.1. The standard InChI is InChI=1S/C20H23N3O/c24-20(22-16-9-2-3-10-16)17-11-5-13-21-19(17)23-14-6-8-15-7-1-4-12-18(15)23/h1,4-5,7,11-13,16H,2-3,6,8-10,14H2,(H,22,24). The molecule has 1 N–H and O–H groups in total. The maximum atomic E-state index is 12.8. The van der Waals surface area contributed by atoms with Gasteiger partial charge >= 0.3 is 0 Å². The van der Waals surface area contributed by atoms with Crippen molar-refractivity contribution >= 4 is 17.4 Å². The number of anilines is 2. The number of pyridine rings is 1. The van der Waals surface area contributed by atoms with Crippen LogP contribution in [0.2, 0.25) is 0 Å². The fourth-order valence-corrected chi connectivity index (χ4v) is 3.88. The Hall–Kier alpha value is -2.36. The Labute approximate surface area is 142 Å². The molecule has 1 aliphatic carbocycles. The molecule has 0 bridgehead atoms. The number of fused-ring (bicyclic) bond motifs is 1. The van der Waals surface area contributed by atoms with Gasteiger partial charge in [0, 0.05) is 24.5 Å². The van der Waals surface area contributed by atoms with Crippen LogP contribution in [0.5, 0.6) is 0 Å². The molecule has 1 amide bonds. The van der Waals surface area contributed by atoms with E-state index in [1.807, 2.05) is 12.1 Å². The minimum absolute atomic E-state index is 0.00746. The van der Waals surface area contributed by atoms with Crippen molar-refractivity contribution in [2.75, 3.05) is 11.4 Å². The summed E-state index contributed by atoms with van der Waals surface area (Å²) in [6, 6.07) is 12.5. The van der Waals surface area contributed by atoms with Gasteiger partial charge in [0.1, 0.15) is 5.82 Å². The van der Waals surface area contributed by atoms with E-state index >= 15 is 0 Å². The number of rotatable bonds is 3. The maximum absolute atomic E-state index is 12.8. The molecule has 4 rings (SSSR count). The third kappa shape index (κ3) is 2.88. The van der Waals surface area contributed by atoms with Crippen molar-refractivity contribution in [2.45, 2.75) is 44.6 Å². The van der Waals surface area contributed by atoms with Gasteiger partial charge in [-0.1, -0.05) is 31.0 Å². The highest BCUT2D eigenvalue weighted by molar-refractivity contribution is 6.00. The van der Waals surface area contributed by atoms with E-state index in [-0.39, 0.29) is 5.91 Å². The van der Waals surface area contributed by atoms with Gasteiger partial charge in [-0.2, -0.15) is 0 Å². The Balaban J connectivity index is 1.66. The molecular weight excluding hydrogens is 298 g/mol. The number of hydrogen-bond acceptors (Lipinski definition) is 3. The van der Waals surface area contributed by atoms with Crippen LogP contribution in [0.25, 0.3) is 0 Å². The van der Waals surface area contributed by atoms with Gasteiger partial charge in [0.15, 0.2) is 0 Å². The van der Waals surface area contributed by atoms with Crippen LogP contribution in [0.4, 0.5) is 11.5 Å². The molecule has 2 aliphatic rings. The number of carbonyl (C=O) groups excluding carboxylic acids is 1. The van der Waals surface area contributed by atoms with E-state index in [2.05, 4.69) is 39.5 Å². The SMILES string of the molecule is O=C(NC1CCCC1)c1cccnc1N1CCCc2ccccc21. The van der Waals surface area contributed by atoms with Crippen molar-refractivity contribution < 1.29 is 4.79 Å². The van der Waals surface area contributed by atoms with Gasteiger partial charge in [-0.25, -0.2) is 4.98 Å². The maximum Gasteiger partial charge on any atom is 0.255 e. The van der Waals surface area contributed by atoms with E-state index < -0.39 is 0 Å². The topological polar surface area (TPSA) is 45.2 Å². The average molecular weight is 321 g/mol. The number of para-hydroxylation sites is 1. The third-order valence-electron chi connectivity index (χ3n) is 5.09. The lowest BCUT2D eigenvalue weighted by Crippen LogP contribution is -2.34. The first-order valence-corrected chi connectivity index (χ1v) is 8.94. The number of nitrogens with zero attached hydrogens (tertiary/aromatic N) is 2. The molecular formula is C20H23N3O. The van der Waals surface area contributed by atoms with Gasteiger partial charge in [0.05, 0.1) is 5.56 Å². The average Bonchev–Trinajstić information content (AvgIpc) is 3.14. The largest absolute Gasteiger partial charge is 0.349 e. The molecule has 0 saturated heterocycles. The fourth-order valence-electron chi connectivity index (χ4n) is 3.88. The van der Waals surface area contributed by atoms with E-state index in [1.165, 1.54) is 24.1 Å². The molecule has 2 heterocycles. The van der Waals surface area contributed by atoms with Crippen LogP contribution >= 0.6 is 0 Å². The predicted octanol–water partition coefficient (Wildman–Crippen LogP) is 3.84. The molecule has 0 spiro atoms. The molecule has 0 unspecified atom stereocenters. The van der Waals surface area contributed by atoms with E-state index in [0.29, 0.717) is 11.6 Å². The molecule has 124 valence electrons. The van der Waals surface area contributed by atoms with Gasteiger partial charge in [-0.15, -0.1) is 0 Å². The molecule has 1 aromatic heterocycles. The Morgan fingerprint density at radius 3 is 2.79 bits per heavy atom. The van der Waals surface area contributed by atoms with Gasteiger partial charge in [-0.3, -0.25) is 4.79 Å². The molecule has 0 radical (unpaired) electrons. The molecule has 4 heteroatoms. The van der Waals surface area contributed by atoms with Crippen LogP contribution in [0.1, 0.15) is 48.0 Å². The van der Waals surface area contributed by atoms with Crippen LogP contribution in [-0.4, -0.2) is 23.5 Å². The van der Waals surface area contributed by atoms with Crippen LogP contribution in [0, 0.1) is 0 Å². The summed E-state index contributed by atoms with van der Waals surface area (Å²) in [5.41, 5.74) is 3.19. The second-order valence-electron chi connectivity index (χ2n) is 6.71. The molecule has 1 aliphatic heterocycles. The van der Waals surface area contributed by atoms with Crippen molar-refractivity contribution in [1.29, 1.82) is 0 Å².